The normalized spacial score (nSPS) is 18.2. The van der Waals surface area contributed by atoms with Crippen LogP contribution in [0, 0.1) is 5.92 Å². The third kappa shape index (κ3) is 4.90. The van der Waals surface area contributed by atoms with Crippen LogP contribution in [0.15, 0.2) is 36.3 Å². The predicted molar refractivity (Wildman–Crippen MR) is 116 cm³/mol. The maximum atomic E-state index is 13.0. The van der Waals surface area contributed by atoms with Gasteiger partial charge in [-0.3, -0.25) is 9.59 Å². The number of carbonyl (C=O) groups is 2. The first kappa shape index (κ1) is 22.5. The predicted octanol–water partition coefficient (Wildman–Crippen LogP) is 2.47. The van der Waals surface area contributed by atoms with Crippen molar-refractivity contribution in [3.63, 3.8) is 0 Å². The molecule has 9 nitrogen and oxygen atoms in total. The molecule has 0 radical (unpaired) electrons. The molecule has 0 spiro atoms. The van der Waals surface area contributed by atoms with Gasteiger partial charge in [-0.25, -0.2) is 9.97 Å². The summed E-state index contributed by atoms with van der Waals surface area (Å²) >= 11 is 0. The van der Waals surface area contributed by atoms with E-state index in [2.05, 4.69) is 30.8 Å². The van der Waals surface area contributed by atoms with Crippen molar-refractivity contribution >= 4 is 34.4 Å². The Kier molecular flexibility index (Phi) is 5.93. The van der Waals surface area contributed by atoms with Crippen LogP contribution in [-0.4, -0.2) is 46.8 Å². The standard InChI is InChI=1S/C21H22F3N7O2/c1-31-8-5-11(6-9-31)20(33)27-12-2-3-13-14(10-12)29-19(28-13)16(17(25)32)18-26-7-4-15(30-18)21(22,23)24/h2-4,7,10-11,28-29H,5-6,8-9H2,1H3,(H2,25,32)(H,27,33)/b19-16-. The number of aromatic nitrogens is 2. The second-order valence-electron chi connectivity index (χ2n) is 7.95. The third-order valence-electron chi connectivity index (χ3n) is 5.56. The fraction of sp³-hybridized carbons (Fsp3) is 0.333. The number of benzene rings is 1. The van der Waals surface area contributed by atoms with Gasteiger partial charge in [0.25, 0.3) is 5.91 Å². The Bertz CT molecular complexity index is 1130. The quantitative estimate of drug-likeness (QED) is 0.516. The minimum Gasteiger partial charge on any atom is -0.365 e. The lowest BCUT2D eigenvalue weighted by atomic mass is 9.96. The maximum Gasteiger partial charge on any atom is 0.433 e. The minimum absolute atomic E-state index is 0.0515. The number of alkyl halides is 3. The van der Waals surface area contributed by atoms with Crippen molar-refractivity contribution in [2.45, 2.75) is 19.0 Å². The molecule has 33 heavy (non-hydrogen) atoms. The number of amides is 2. The van der Waals surface area contributed by atoms with E-state index >= 15 is 0 Å². The van der Waals surface area contributed by atoms with Crippen LogP contribution in [0.5, 0.6) is 0 Å². The molecule has 1 saturated heterocycles. The highest BCUT2D eigenvalue weighted by atomic mass is 19.4. The molecule has 2 aliphatic rings. The Morgan fingerprint density at radius 2 is 1.85 bits per heavy atom. The molecule has 0 unspecified atom stereocenters. The molecule has 1 aromatic heterocycles. The molecular weight excluding hydrogens is 439 g/mol. The van der Waals surface area contributed by atoms with Crippen LogP contribution >= 0.6 is 0 Å². The molecule has 2 aromatic rings. The molecule has 0 bridgehead atoms. The number of nitrogens with zero attached hydrogens (tertiary/aromatic N) is 3. The van der Waals surface area contributed by atoms with Gasteiger partial charge in [-0.2, -0.15) is 13.2 Å². The lowest BCUT2D eigenvalue weighted by Crippen LogP contribution is -2.35. The Labute approximate surface area is 187 Å². The molecule has 174 valence electrons. The van der Waals surface area contributed by atoms with Gasteiger partial charge in [0.1, 0.15) is 17.1 Å². The number of fused-ring (bicyclic) bond motifs is 1. The van der Waals surface area contributed by atoms with Crippen LogP contribution in [0.2, 0.25) is 0 Å². The van der Waals surface area contributed by atoms with Crippen molar-refractivity contribution in [1.29, 1.82) is 0 Å². The minimum atomic E-state index is -4.70. The first-order chi connectivity index (χ1) is 15.6. The SMILES string of the molecule is CN1CCC(C(=O)Nc2ccc3c(c2)N/C(=C(/C(N)=O)c2nccc(C(F)(F)F)n2)N3)CC1. The van der Waals surface area contributed by atoms with Crippen molar-refractivity contribution in [3.8, 4) is 0 Å². The van der Waals surface area contributed by atoms with Gasteiger partial charge < -0.3 is 26.6 Å². The van der Waals surface area contributed by atoms with Gasteiger partial charge in [-0.15, -0.1) is 0 Å². The molecule has 12 heteroatoms. The van der Waals surface area contributed by atoms with Crippen LogP contribution in [0.4, 0.5) is 30.2 Å². The number of anilines is 3. The van der Waals surface area contributed by atoms with Crippen LogP contribution in [0.3, 0.4) is 0 Å². The number of rotatable bonds is 4. The molecule has 4 rings (SSSR count). The first-order valence-electron chi connectivity index (χ1n) is 10.2. The third-order valence-corrected chi connectivity index (χ3v) is 5.56. The molecule has 0 aliphatic carbocycles. The van der Waals surface area contributed by atoms with Crippen LogP contribution < -0.4 is 21.7 Å². The second kappa shape index (κ2) is 8.70. The summed E-state index contributed by atoms with van der Waals surface area (Å²) in [7, 11) is 2.02. The zero-order chi connectivity index (χ0) is 23.8. The van der Waals surface area contributed by atoms with Crippen molar-refractivity contribution in [2.24, 2.45) is 11.7 Å². The van der Waals surface area contributed by atoms with E-state index in [1.807, 2.05) is 7.05 Å². The lowest BCUT2D eigenvalue weighted by molar-refractivity contribution is -0.141. The highest BCUT2D eigenvalue weighted by molar-refractivity contribution is 6.20. The molecule has 1 fully saturated rings. The summed E-state index contributed by atoms with van der Waals surface area (Å²) in [6.45, 7) is 1.71. The van der Waals surface area contributed by atoms with E-state index in [4.69, 9.17) is 5.73 Å². The summed E-state index contributed by atoms with van der Waals surface area (Å²) in [6.07, 6.45) is -2.24. The van der Waals surface area contributed by atoms with Gasteiger partial charge in [0, 0.05) is 17.8 Å². The average molecular weight is 461 g/mol. The van der Waals surface area contributed by atoms with Crippen molar-refractivity contribution in [1.82, 2.24) is 14.9 Å². The van der Waals surface area contributed by atoms with Gasteiger partial charge in [-0.05, 0) is 57.2 Å². The van der Waals surface area contributed by atoms with Gasteiger partial charge in [0.2, 0.25) is 5.91 Å². The monoisotopic (exact) mass is 461 g/mol. The number of halogens is 3. The topological polar surface area (TPSA) is 125 Å². The Balaban J connectivity index is 1.56. The van der Waals surface area contributed by atoms with E-state index in [0.29, 0.717) is 23.1 Å². The molecular formula is C21H22F3N7O2. The van der Waals surface area contributed by atoms with Crippen LogP contribution in [-0.2, 0) is 15.8 Å². The highest BCUT2D eigenvalue weighted by Gasteiger charge is 2.34. The number of hydrogen-bond donors (Lipinski definition) is 4. The molecule has 2 amide bonds. The summed E-state index contributed by atoms with van der Waals surface area (Å²) in [6, 6.07) is 5.73. The van der Waals surface area contributed by atoms with Gasteiger partial charge in [0.15, 0.2) is 5.82 Å². The number of hydrogen-bond acceptors (Lipinski definition) is 7. The fourth-order valence-electron chi connectivity index (χ4n) is 3.76. The fourth-order valence-corrected chi connectivity index (χ4v) is 3.76. The van der Waals surface area contributed by atoms with E-state index in [1.54, 1.807) is 18.2 Å². The second-order valence-corrected chi connectivity index (χ2v) is 7.95. The van der Waals surface area contributed by atoms with Crippen LogP contribution in [0.25, 0.3) is 5.57 Å². The highest BCUT2D eigenvalue weighted by Crippen LogP contribution is 2.36. The van der Waals surface area contributed by atoms with Crippen molar-refractivity contribution in [3.05, 3.63) is 47.8 Å². The summed E-state index contributed by atoms with van der Waals surface area (Å²) in [4.78, 5) is 34.1. The number of nitrogens with one attached hydrogen (secondary N) is 3. The van der Waals surface area contributed by atoms with E-state index in [-0.39, 0.29) is 23.2 Å². The molecule has 3 heterocycles. The Hall–Kier alpha value is -3.67. The largest absolute Gasteiger partial charge is 0.433 e. The Morgan fingerprint density at radius 1 is 1.15 bits per heavy atom. The molecule has 1 aromatic carbocycles. The summed E-state index contributed by atoms with van der Waals surface area (Å²) in [5.41, 5.74) is 5.52. The van der Waals surface area contributed by atoms with Gasteiger partial charge >= 0.3 is 6.18 Å². The molecule has 0 atom stereocenters. The smallest absolute Gasteiger partial charge is 0.365 e. The molecule has 0 saturated carbocycles. The Morgan fingerprint density at radius 3 is 2.52 bits per heavy atom. The number of primary amides is 1. The number of carbonyl (C=O) groups excluding carboxylic acids is 2. The van der Waals surface area contributed by atoms with E-state index in [9.17, 15) is 22.8 Å². The zero-order valence-corrected chi connectivity index (χ0v) is 17.7. The summed E-state index contributed by atoms with van der Waals surface area (Å²) in [5, 5.41) is 8.73. The summed E-state index contributed by atoms with van der Waals surface area (Å²) < 4.78 is 39.1. The van der Waals surface area contributed by atoms with Crippen molar-refractivity contribution < 1.29 is 22.8 Å². The van der Waals surface area contributed by atoms with E-state index in [0.717, 1.165) is 32.1 Å². The number of likely N-dealkylation sites (tertiary alicyclic amines) is 1. The molecule has 5 N–H and O–H groups in total. The zero-order valence-electron chi connectivity index (χ0n) is 17.7. The van der Waals surface area contributed by atoms with Gasteiger partial charge in [-0.1, -0.05) is 0 Å². The first-order valence-corrected chi connectivity index (χ1v) is 10.2. The number of nitrogens with two attached hydrogens (primary N) is 1. The van der Waals surface area contributed by atoms with E-state index < -0.39 is 23.6 Å². The maximum absolute atomic E-state index is 13.0. The summed E-state index contributed by atoms with van der Waals surface area (Å²) in [5.74, 6) is -1.56. The lowest BCUT2D eigenvalue weighted by Gasteiger charge is -2.28. The van der Waals surface area contributed by atoms with Gasteiger partial charge in [0.05, 0.1) is 11.4 Å². The average Bonchev–Trinajstić information content (AvgIpc) is 3.16. The van der Waals surface area contributed by atoms with Crippen LogP contribution in [0.1, 0.15) is 24.4 Å². The van der Waals surface area contributed by atoms with E-state index in [1.165, 1.54) is 0 Å². The van der Waals surface area contributed by atoms with Crippen molar-refractivity contribution in [2.75, 3.05) is 36.1 Å². The molecule has 2 aliphatic heterocycles. The number of piperidine rings is 1.